The number of benzene rings is 1. The summed E-state index contributed by atoms with van der Waals surface area (Å²) in [6, 6.07) is 6.30. The number of carbonyl (C=O) groups excluding carboxylic acids is 1. The van der Waals surface area contributed by atoms with Gasteiger partial charge in [0.1, 0.15) is 5.69 Å². The summed E-state index contributed by atoms with van der Waals surface area (Å²) >= 11 is 1.72. The number of hydrogen-bond donors (Lipinski definition) is 3. The molecule has 1 aliphatic rings. The summed E-state index contributed by atoms with van der Waals surface area (Å²) in [6.07, 6.45) is 2.41. The average molecular weight is 333 g/mol. The van der Waals surface area contributed by atoms with E-state index >= 15 is 0 Å². The largest absolute Gasteiger partial charge is 0.377 e. The van der Waals surface area contributed by atoms with Gasteiger partial charge in [-0.3, -0.25) is 4.79 Å². The fraction of sp³-hybridized carbons (Fsp3) is 0.471. The molecule has 3 rings (SSSR count). The molecule has 0 radical (unpaired) electrons. The number of rotatable bonds is 7. The van der Waals surface area contributed by atoms with Crippen LogP contribution in [-0.4, -0.2) is 35.9 Å². The Balaban J connectivity index is 1.73. The molecule has 1 saturated heterocycles. The monoisotopic (exact) mass is 333 g/mol. The van der Waals surface area contributed by atoms with Crippen molar-refractivity contribution in [1.82, 2.24) is 10.3 Å². The summed E-state index contributed by atoms with van der Waals surface area (Å²) in [6.45, 7) is 5.39. The van der Waals surface area contributed by atoms with E-state index in [2.05, 4.69) is 28.0 Å². The van der Waals surface area contributed by atoms with Gasteiger partial charge < -0.3 is 19.8 Å². The molecule has 1 aliphatic heterocycles. The third-order valence-corrected chi connectivity index (χ3v) is 4.92. The minimum absolute atomic E-state index is 0.0566. The highest BCUT2D eigenvalue weighted by atomic mass is 32.2. The molecule has 0 saturated carbocycles. The number of aromatic nitrogens is 1. The molecule has 23 heavy (non-hydrogen) atoms. The number of amides is 1. The van der Waals surface area contributed by atoms with Gasteiger partial charge >= 0.3 is 0 Å². The normalized spacial score (nSPS) is 14.7. The van der Waals surface area contributed by atoms with Gasteiger partial charge in [-0.05, 0) is 37.1 Å². The van der Waals surface area contributed by atoms with Crippen LogP contribution in [0.4, 0.5) is 5.69 Å². The van der Waals surface area contributed by atoms with Crippen molar-refractivity contribution < 1.29 is 9.53 Å². The van der Waals surface area contributed by atoms with E-state index in [-0.39, 0.29) is 11.9 Å². The first kappa shape index (κ1) is 16.2. The number of carbonyl (C=O) groups is 1. The first-order valence-electron chi connectivity index (χ1n) is 8.07. The van der Waals surface area contributed by atoms with Crippen molar-refractivity contribution in [3.05, 3.63) is 29.5 Å². The summed E-state index contributed by atoms with van der Waals surface area (Å²) in [5.41, 5.74) is 3.68. The zero-order valence-corrected chi connectivity index (χ0v) is 14.4. The Labute approximate surface area is 140 Å². The number of aryl methyl sites for hydroxylation is 1. The van der Waals surface area contributed by atoms with Crippen LogP contribution in [0.1, 0.15) is 35.8 Å². The van der Waals surface area contributed by atoms with Crippen LogP contribution in [-0.2, 0) is 4.74 Å². The molecule has 1 amide bonds. The number of nitrogens with one attached hydrogen (secondary N) is 3. The van der Waals surface area contributed by atoms with Crippen molar-refractivity contribution in [2.75, 3.05) is 23.7 Å². The van der Waals surface area contributed by atoms with E-state index in [1.165, 1.54) is 12.8 Å². The van der Waals surface area contributed by atoms with E-state index in [9.17, 15) is 4.79 Å². The van der Waals surface area contributed by atoms with Crippen molar-refractivity contribution in [3.63, 3.8) is 0 Å². The number of aromatic amines is 1. The van der Waals surface area contributed by atoms with E-state index < -0.39 is 0 Å². The van der Waals surface area contributed by atoms with Gasteiger partial charge in [0.05, 0.1) is 19.3 Å². The molecule has 2 heterocycles. The fourth-order valence-corrected chi connectivity index (χ4v) is 3.37. The Bertz CT molecular complexity index is 694. The second kappa shape index (κ2) is 7.27. The Morgan fingerprint density at radius 2 is 2.26 bits per heavy atom. The zero-order chi connectivity index (χ0) is 16.2. The quantitative estimate of drug-likeness (QED) is 0.536. The molecule has 124 valence electrons. The lowest BCUT2D eigenvalue weighted by molar-refractivity contribution is -0.00354. The molecule has 5 nitrogen and oxygen atoms in total. The number of fused-ring (bicyclic) bond motifs is 1. The summed E-state index contributed by atoms with van der Waals surface area (Å²) in [5.74, 6) is 1.04. The van der Waals surface area contributed by atoms with Crippen molar-refractivity contribution >= 4 is 34.4 Å². The molecule has 0 bridgehead atoms. The molecule has 0 unspecified atom stereocenters. The molecule has 1 aromatic carbocycles. The number of unbranched alkanes of at least 4 members (excludes halogenated alkanes) is 1. The zero-order valence-electron chi connectivity index (χ0n) is 13.6. The second-order valence-corrected chi connectivity index (χ2v) is 6.80. The lowest BCUT2D eigenvalue weighted by atomic mass is 10.1. The van der Waals surface area contributed by atoms with E-state index in [0.717, 1.165) is 27.9 Å². The molecule has 3 N–H and O–H groups in total. The number of H-pyrrole nitrogens is 1. The molecular weight excluding hydrogens is 310 g/mol. The predicted octanol–water partition coefficient (Wildman–Crippen LogP) is 3.47. The topological polar surface area (TPSA) is 66.2 Å². The van der Waals surface area contributed by atoms with Crippen LogP contribution in [0.25, 0.3) is 10.9 Å². The summed E-state index contributed by atoms with van der Waals surface area (Å²) < 4.78 is 8.47. The van der Waals surface area contributed by atoms with Crippen LogP contribution in [0.15, 0.2) is 18.2 Å². The molecule has 2 aromatic rings. The highest BCUT2D eigenvalue weighted by Crippen LogP contribution is 2.26. The standard InChI is InChI=1S/C17H23N3O2S/c1-3-4-7-23-20-12-5-6-15-14(8-12)11(2)16(19-15)17(21)18-13-9-22-10-13/h5-6,8,13,19-20H,3-4,7,9-10H2,1-2H3,(H,18,21). The lowest BCUT2D eigenvalue weighted by Crippen LogP contribution is -2.48. The van der Waals surface area contributed by atoms with E-state index in [1.807, 2.05) is 19.1 Å². The van der Waals surface area contributed by atoms with Crippen LogP contribution in [0.3, 0.4) is 0 Å². The van der Waals surface area contributed by atoms with Crippen molar-refractivity contribution in [1.29, 1.82) is 0 Å². The smallest absolute Gasteiger partial charge is 0.268 e. The third-order valence-electron chi connectivity index (χ3n) is 4.05. The van der Waals surface area contributed by atoms with Crippen molar-refractivity contribution in [2.45, 2.75) is 32.7 Å². The van der Waals surface area contributed by atoms with Crippen LogP contribution < -0.4 is 10.0 Å². The van der Waals surface area contributed by atoms with Crippen molar-refractivity contribution in [3.8, 4) is 0 Å². The molecule has 1 fully saturated rings. The first-order valence-corrected chi connectivity index (χ1v) is 9.06. The van der Waals surface area contributed by atoms with Crippen LogP contribution >= 0.6 is 11.9 Å². The highest BCUT2D eigenvalue weighted by molar-refractivity contribution is 8.00. The van der Waals surface area contributed by atoms with Crippen molar-refractivity contribution in [2.24, 2.45) is 0 Å². The number of ether oxygens (including phenoxy) is 1. The van der Waals surface area contributed by atoms with Gasteiger partial charge in [0.2, 0.25) is 0 Å². The Morgan fingerprint density at radius 1 is 1.43 bits per heavy atom. The van der Waals surface area contributed by atoms with Gasteiger partial charge in [0.15, 0.2) is 0 Å². The van der Waals surface area contributed by atoms with E-state index in [0.29, 0.717) is 18.9 Å². The van der Waals surface area contributed by atoms with Crippen LogP contribution in [0, 0.1) is 6.92 Å². The molecule has 6 heteroatoms. The molecular formula is C17H23N3O2S. The van der Waals surface area contributed by atoms with Gasteiger partial charge in [0.25, 0.3) is 5.91 Å². The molecule has 0 spiro atoms. The van der Waals surface area contributed by atoms with Gasteiger partial charge in [-0.15, -0.1) is 0 Å². The number of hydrogen-bond acceptors (Lipinski definition) is 4. The maximum atomic E-state index is 12.3. The van der Waals surface area contributed by atoms with Crippen LogP contribution in [0.2, 0.25) is 0 Å². The lowest BCUT2D eigenvalue weighted by Gasteiger charge is -2.26. The summed E-state index contributed by atoms with van der Waals surface area (Å²) in [7, 11) is 0. The highest BCUT2D eigenvalue weighted by Gasteiger charge is 2.23. The average Bonchev–Trinajstić information content (AvgIpc) is 2.84. The summed E-state index contributed by atoms with van der Waals surface area (Å²) in [5, 5.41) is 4.07. The van der Waals surface area contributed by atoms with Gasteiger partial charge in [-0.25, -0.2) is 0 Å². The number of anilines is 1. The fourth-order valence-electron chi connectivity index (χ4n) is 2.54. The van der Waals surface area contributed by atoms with Crippen LogP contribution in [0.5, 0.6) is 0 Å². The maximum absolute atomic E-state index is 12.3. The van der Waals surface area contributed by atoms with Gasteiger partial charge in [-0.2, -0.15) is 0 Å². The minimum Gasteiger partial charge on any atom is -0.377 e. The first-order chi connectivity index (χ1) is 11.2. The molecule has 0 atom stereocenters. The Hall–Kier alpha value is -1.66. The Morgan fingerprint density at radius 3 is 2.96 bits per heavy atom. The van der Waals surface area contributed by atoms with Gasteiger partial charge in [-0.1, -0.05) is 25.3 Å². The Kier molecular flexibility index (Phi) is 5.13. The third kappa shape index (κ3) is 3.64. The van der Waals surface area contributed by atoms with E-state index in [1.54, 1.807) is 11.9 Å². The molecule has 0 aliphatic carbocycles. The second-order valence-electron chi connectivity index (χ2n) is 5.90. The maximum Gasteiger partial charge on any atom is 0.268 e. The molecule has 1 aromatic heterocycles. The predicted molar refractivity (Wildman–Crippen MR) is 96.1 cm³/mol. The van der Waals surface area contributed by atoms with E-state index in [4.69, 9.17) is 4.74 Å². The SMILES string of the molecule is CCCCSNc1ccc2[nH]c(C(=O)NC3COC3)c(C)c2c1. The minimum atomic E-state index is -0.0566. The van der Waals surface area contributed by atoms with Gasteiger partial charge in [0, 0.05) is 22.3 Å². The summed E-state index contributed by atoms with van der Waals surface area (Å²) in [4.78, 5) is 15.6.